The number of amides is 1. The second-order valence-corrected chi connectivity index (χ2v) is 8.69. The third-order valence-electron chi connectivity index (χ3n) is 6.77. The number of nitrogens with zero attached hydrogens (tertiary/aromatic N) is 7. The number of piperidine rings is 1. The summed E-state index contributed by atoms with van der Waals surface area (Å²) in [5, 5.41) is 9.67. The average Bonchev–Trinajstić information content (AvgIpc) is 3.57. The Labute approximate surface area is 191 Å². The van der Waals surface area contributed by atoms with Gasteiger partial charge in [-0.3, -0.25) is 4.79 Å². The fourth-order valence-corrected chi connectivity index (χ4v) is 4.96. The fourth-order valence-electron chi connectivity index (χ4n) is 4.96. The van der Waals surface area contributed by atoms with Crippen LogP contribution >= 0.6 is 0 Å². The Bertz CT molecular complexity index is 1450. The summed E-state index contributed by atoms with van der Waals surface area (Å²) in [5.41, 5.74) is 3.72. The molecule has 3 aromatic heterocycles. The van der Waals surface area contributed by atoms with Crippen molar-refractivity contribution in [1.29, 1.82) is 0 Å². The molecule has 6 rings (SSSR count). The lowest BCUT2D eigenvalue weighted by Crippen LogP contribution is -2.39. The molecule has 0 bridgehead atoms. The van der Waals surface area contributed by atoms with Gasteiger partial charge in [-0.2, -0.15) is 0 Å². The predicted molar refractivity (Wildman–Crippen MR) is 126 cm³/mol. The number of para-hydroxylation sites is 2. The van der Waals surface area contributed by atoms with Gasteiger partial charge in [0.25, 0.3) is 5.91 Å². The summed E-state index contributed by atoms with van der Waals surface area (Å²) in [5.74, 6) is 1.46. The topological polar surface area (TPSA) is 73.8 Å². The average molecular weight is 440 g/mol. The van der Waals surface area contributed by atoms with Crippen LogP contribution in [-0.2, 0) is 13.7 Å². The zero-order valence-corrected chi connectivity index (χ0v) is 18.5. The lowest BCUT2D eigenvalue weighted by molar-refractivity contribution is 0.0701. The van der Waals surface area contributed by atoms with Crippen LogP contribution in [0.3, 0.4) is 0 Å². The molecule has 0 atom stereocenters. The van der Waals surface area contributed by atoms with Crippen molar-refractivity contribution in [3.63, 3.8) is 0 Å². The van der Waals surface area contributed by atoms with Crippen LogP contribution in [0.2, 0.25) is 0 Å². The van der Waals surface area contributed by atoms with Crippen LogP contribution in [0.4, 0.5) is 0 Å². The smallest absolute Gasteiger partial charge is 0.270 e. The van der Waals surface area contributed by atoms with Crippen LogP contribution in [0.1, 0.15) is 35.1 Å². The van der Waals surface area contributed by atoms with E-state index in [0.29, 0.717) is 12.6 Å². The molecule has 5 aromatic rings. The predicted octanol–water partition coefficient (Wildman–Crippen LogP) is 3.65. The van der Waals surface area contributed by atoms with Crippen molar-refractivity contribution < 1.29 is 4.79 Å². The first-order valence-corrected chi connectivity index (χ1v) is 11.3. The standard InChI is InChI=1S/C25H25N7O/c1-29-21-8-4-2-6-19(21)16-23(29)25(33)30-13-10-18(11-14-30)24-26-12-15-31(24)17-32-22-9-5-3-7-20(22)27-28-32/h2-9,12,15-16,18H,10-11,13-14,17H2,1H3. The number of aromatic nitrogens is 6. The number of benzene rings is 2. The summed E-state index contributed by atoms with van der Waals surface area (Å²) in [6.07, 6.45) is 5.63. The van der Waals surface area contributed by atoms with Crippen molar-refractivity contribution in [2.24, 2.45) is 7.05 Å². The van der Waals surface area contributed by atoms with Gasteiger partial charge in [0, 0.05) is 49.4 Å². The molecule has 1 amide bonds. The Morgan fingerprint density at radius 3 is 2.61 bits per heavy atom. The summed E-state index contributed by atoms with van der Waals surface area (Å²) in [4.78, 5) is 19.9. The van der Waals surface area contributed by atoms with Gasteiger partial charge in [0.1, 0.15) is 23.7 Å². The normalized spacial score (nSPS) is 15.0. The number of hydrogen-bond donors (Lipinski definition) is 0. The van der Waals surface area contributed by atoms with Crippen molar-refractivity contribution in [3.8, 4) is 0 Å². The summed E-state index contributed by atoms with van der Waals surface area (Å²) in [6, 6.07) is 18.1. The highest BCUT2D eigenvalue weighted by Crippen LogP contribution is 2.29. The van der Waals surface area contributed by atoms with Crippen molar-refractivity contribution in [3.05, 3.63) is 78.5 Å². The van der Waals surface area contributed by atoms with E-state index in [2.05, 4.69) is 32.0 Å². The number of hydrogen-bond acceptors (Lipinski definition) is 4. The molecule has 1 aliphatic rings. The van der Waals surface area contributed by atoms with Gasteiger partial charge in [-0.1, -0.05) is 35.5 Å². The first-order chi connectivity index (χ1) is 16.2. The highest BCUT2D eigenvalue weighted by Gasteiger charge is 2.28. The van der Waals surface area contributed by atoms with Crippen molar-refractivity contribution >= 4 is 27.8 Å². The number of imidazole rings is 1. The van der Waals surface area contributed by atoms with Gasteiger partial charge in [-0.25, -0.2) is 9.67 Å². The summed E-state index contributed by atoms with van der Waals surface area (Å²) >= 11 is 0. The van der Waals surface area contributed by atoms with Crippen molar-refractivity contribution in [2.75, 3.05) is 13.1 Å². The van der Waals surface area contributed by atoms with Crippen molar-refractivity contribution in [1.82, 2.24) is 34.0 Å². The van der Waals surface area contributed by atoms with E-state index in [4.69, 9.17) is 0 Å². The van der Waals surface area contributed by atoms with Gasteiger partial charge in [0.05, 0.1) is 5.52 Å². The molecule has 2 aromatic carbocycles. The van der Waals surface area contributed by atoms with E-state index >= 15 is 0 Å². The Balaban J connectivity index is 1.17. The molecule has 0 N–H and O–H groups in total. The van der Waals surface area contributed by atoms with Gasteiger partial charge in [0.15, 0.2) is 0 Å². The molecule has 0 spiro atoms. The molecule has 8 heteroatoms. The molecular weight excluding hydrogens is 414 g/mol. The minimum absolute atomic E-state index is 0.101. The zero-order chi connectivity index (χ0) is 22.4. The summed E-state index contributed by atoms with van der Waals surface area (Å²) < 4.78 is 6.05. The number of carbonyl (C=O) groups is 1. The van der Waals surface area contributed by atoms with Gasteiger partial charge in [-0.05, 0) is 37.1 Å². The van der Waals surface area contributed by atoms with Gasteiger partial charge in [0.2, 0.25) is 0 Å². The lowest BCUT2D eigenvalue weighted by atomic mass is 9.95. The highest BCUT2D eigenvalue weighted by molar-refractivity contribution is 5.98. The van der Waals surface area contributed by atoms with Crippen LogP contribution in [0.25, 0.3) is 21.9 Å². The molecule has 0 saturated carbocycles. The Morgan fingerprint density at radius 1 is 1.03 bits per heavy atom. The Hall–Kier alpha value is -3.94. The van der Waals surface area contributed by atoms with Gasteiger partial charge >= 0.3 is 0 Å². The monoisotopic (exact) mass is 439 g/mol. The van der Waals surface area contributed by atoms with E-state index in [9.17, 15) is 4.79 Å². The third-order valence-corrected chi connectivity index (χ3v) is 6.77. The van der Waals surface area contributed by atoms with E-state index in [-0.39, 0.29) is 5.91 Å². The molecular formula is C25H25N7O. The minimum atomic E-state index is 0.101. The van der Waals surface area contributed by atoms with Crippen LogP contribution < -0.4 is 0 Å². The maximum absolute atomic E-state index is 13.3. The van der Waals surface area contributed by atoms with Crippen molar-refractivity contribution in [2.45, 2.75) is 25.4 Å². The SMILES string of the molecule is Cn1c(C(=O)N2CCC(c3nccn3Cn3nnc4ccccc43)CC2)cc2ccccc21. The highest BCUT2D eigenvalue weighted by atomic mass is 16.2. The molecule has 1 fully saturated rings. The summed E-state index contributed by atoms with van der Waals surface area (Å²) in [7, 11) is 1.97. The molecule has 8 nitrogen and oxygen atoms in total. The molecule has 0 aliphatic carbocycles. The summed E-state index contributed by atoms with van der Waals surface area (Å²) in [6.45, 7) is 2.03. The third kappa shape index (κ3) is 3.38. The minimum Gasteiger partial charge on any atom is -0.340 e. The molecule has 0 radical (unpaired) electrons. The van der Waals surface area contributed by atoms with E-state index in [1.54, 1.807) is 0 Å². The van der Waals surface area contributed by atoms with Crippen LogP contribution in [0.15, 0.2) is 67.0 Å². The van der Waals surface area contributed by atoms with E-state index in [1.807, 2.05) is 76.1 Å². The number of likely N-dealkylation sites (tertiary alicyclic amines) is 1. The van der Waals surface area contributed by atoms with Crippen LogP contribution in [-0.4, -0.2) is 53.0 Å². The van der Waals surface area contributed by atoms with Gasteiger partial charge < -0.3 is 14.0 Å². The second-order valence-electron chi connectivity index (χ2n) is 8.69. The molecule has 4 heterocycles. The first kappa shape index (κ1) is 19.7. The van der Waals surface area contributed by atoms with E-state index in [1.165, 1.54) is 0 Å². The number of carbonyl (C=O) groups excluding carboxylic acids is 1. The van der Waals surface area contributed by atoms with E-state index in [0.717, 1.165) is 59.4 Å². The molecule has 0 unspecified atom stereocenters. The number of rotatable bonds is 4. The quantitative estimate of drug-likeness (QED) is 0.429. The second kappa shape index (κ2) is 7.88. The number of aryl methyl sites for hydroxylation is 1. The molecule has 1 saturated heterocycles. The van der Waals surface area contributed by atoms with Crippen LogP contribution in [0.5, 0.6) is 0 Å². The Morgan fingerprint density at radius 2 is 1.79 bits per heavy atom. The van der Waals surface area contributed by atoms with E-state index < -0.39 is 0 Å². The zero-order valence-electron chi connectivity index (χ0n) is 18.5. The maximum Gasteiger partial charge on any atom is 0.270 e. The largest absolute Gasteiger partial charge is 0.340 e. The van der Waals surface area contributed by atoms with Crippen LogP contribution in [0, 0.1) is 0 Å². The molecule has 166 valence electrons. The van der Waals surface area contributed by atoms with Gasteiger partial charge in [-0.15, -0.1) is 5.10 Å². The molecule has 1 aliphatic heterocycles. The number of fused-ring (bicyclic) bond motifs is 2. The maximum atomic E-state index is 13.3. The Kier molecular flexibility index (Phi) is 4.71. The fraction of sp³-hybridized carbons (Fsp3) is 0.280. The molecule has 33 heavy (non-hydrogen) atoms. The lowest BCUT2D eigenvalue weighted by Gasteiger charge is -2.32. The first-order valence-electron chi connectivity index (χ1n) is 11.3.